The molecule has 0 amide bonds. The minimum Gasteiger partial charge on any atom is -0.324 e. The second kappa shape index (κ2) is 3.73. The number of halogens is 3. The molecule has 1 aliphatic carbocycles. The molecular formula is C14H18F3N. The van der Waals surface area contributed by atoms with Gasteiger partial charge in [0.1, 0.15) is 0 Å². The molecule has 1 aliphatic rings. The molecule has 0 saturated heterocycles. The van der Waals surface area contributed by atoms with E-state index in [2.05, 4.69) is 13.8 Å². The van der Waals surface area contributed by atoms with Crippen molar-refractivity contribution in [3.8, 4) is 0 Å². The predicted octanol–water partition coefficient (Wildman–Crippen LogP) is 3.94. The Morgan fingerprint density at radius 2 is 1.61 bits per heavy atom. The maximum atomic E-state index is 12.5. The van der Waals surface area contributed by atoms with Gasteiger partial charge in [0.25, 0.3) is 0 Å². The molecular weight excluding hydrogens is 239 g/mol. The lowest BCUT2D eigenvalue weighted by atomic mass is 9.86. The predicted molar refractivity (Wildman–Crippen MR) is 65.2 cm³/mol. The van der Waals surface area contributed by atoms with E-state index in [0.717, 1.165) is 24.1 Å². The first-order chi connectivity index (χ1) is 8.08. The highest BCUT2D eigenvalue weighted by atomic mass is 19.4. The Hall–Kier alpha value is -1.03. The molecule has 0 radical (unpaired) electrons. The highest BCUT2D eigenvalue weighted by Crippen LogP contribution is 2.60. The van der Waals surface area contributed by atoms with Crippen LogP contribution in [0.5, 0.6) is 0 Å². The zero-order valence-corrected chi connectivity index (χ0v) is 10.8. The Bertz CT molecular complexity index is 447. The zero-order chi connectivity index (χ0) is 13.8. The Morgan fingerprint density at radius 1 is 1.17 bits per heavy atom. The third-order valence-electron chi connectivity index (χ3n) is 4.38. The van der Waals surface area contributed by atoms with Gasteiger partial charge < -0.3 is 5.73 Å². The van der Waals surface area contributed by atoms with E-state index in [1.807, 2.05) is 6.92 Å². The number of nitrogens with two attached hydrogens (primary N) is 1. The molecule has 1 aromatic rings. The van der Waals surface area contributed by atoms with Gasteiger partial charge in [-0.1, -0.05) is 32.9 Å². The zero-order valence-electron chi connectivity index (χ0n) is 10.8. The fourth-order valence-corrected chi connectivity index (χ4v) is 2.68. The normalized spacial score (nSPS) is 27.9. The highest BCUT2D eigenvalue weighted by Gasteiger charge is 2.61. The third-order valence-corrected chi connectivity index (χ3v) is 4.38. The highest BCUT2D eigenvalue weighted by molar-refractivity contribution is 5.33. The molecule has 2 rings (SSSR count). The van der Waals surface area contributed by atoms with Crippen LogP contribution < -0.4 is 5.73 Å². The molecule has 2 N–H and O–H groups in total. The summed E-state index contributed by atoms with van der Waals surface area (Å²) in [5.74, 6) is 0.0646. The van der Waals surface area contributed by atoms with E-state index in [9.17, 15) is 13.2 Å². The lowest BCUT2D eigenvalue weighted by Gasteiger charge is -2.24. The van der Waals surface area contributed by atoms with Crippen LogP contribution in [0.15, 0.2) is 24.3 Å². The van der Waals surface area contributed by atoms with Gasteiger partial charge >= 0.3 is 6.18 Å². The third kappa shape index (κ3) is 2.03. The average Bonchev–Trinajstić information content (AvgIpc) is 2.77. The minimum absolute atomic E-state index is 0.0646. The maximum absolute atomic E-state index is 12.5. The number of hydrogen-bond acceptors (Lipinski definition) is 1. The van der Waals surface area contributed by atoms with Crippen molar-refractivity contribution in [3.05, 3.63) is 35.4 Å². The number of rotatable bonds is 2. The van der Waals surface area contributed by atoms with Crippen LogP contribution in [0.25, 0.3) is 0 Å². The van der Waals surface area contributed by atoms with Crippen LogP contribution in [-0.4, -0.2) is 5.54 Å². The molecule has 4 heteroatoms. The van der Waals surface area contributed by atoms with Crippen LogP contribution in [0.3, 0.4) is 0 Å². The van der Waals surface area contributed by atoms with Gasteiger partial charge in [-0.25, -0.2) is 0 Å². The van der Waals surface area contributed by atoms with Gasteiger partial charge in [0.05, 0.1) is 5.56 Å². The van der Waals surface area contributed by atoms with Crippen molar-refractivity contribution in [2.75, 3.05) is 0 Å². The topological polar surface area (TPSA) is 26.0 Å². The van der Waals surface area contributed by atoms with Crippen LogP contribution >= 0.6 is 0 Å². The smallest absolute Gasteiger partial charge is 0.324 e. The summed E-state index contributed by atoms with van der Waals surface area (Å²) in [7, 11) is 0. The summed E-state index contributed by atoms with van der Waals surface area (Å²) >= 11 is 0. The van der Waals surface area contributed by atoms with Gasteiger partial charge in [0, 0.05) is 5.54 Å². The fraction of sp³-hybridized carbons (Fsp3) is 0.571. The summed E-state index contributed by atoms with van der Waals surface area (Å²) in [6.07, 6.45) is -3.37. The number of alkyl halides is 3. The SMILES string of the molecule is CC(c1ccc(C(F)(F)F)cc1)C1(N)CC1(C)C. The Morgan fingerprint density at radius 3 is 1.94 bits per heavy atom. The molecule has 0 aromatic heterocycles. The van der Waals surface area contributed by atoms with E-state index in [1.54, 1.807) is 0 Å². The molecule has 0 spiro atoms. The van der Waals surface area contributed by atoms with Crippen LogP contribution in [0.4, 0.5) is 13.2 Å². The lowest BCUT2D eigenvalue weighted by molar-refractivity contribution is -0.137. The molecule has 0 heterocycles. The van der Waals surface area contributed by atoms with Gasteiger partial charge in [0.2, 0.25) is 0 Å². The van der Waals surface area contributed by atoms with Crippen molar-refractivity contribution in [1.82, 2.24) is 0 Å². The molecule has 0 aliphatic heterocycles. The van der Waals surface area contributed by atoms with Crippen LogP contribution in [-0.2, 0) is 6.18 Å². The van der Waals surface area contributed by atoms with Crippen molar-refractivity contribution in [2.45, 2.75) is 44.8 Å². The van der Waals surface area contributed by atoms with E-state index in [0.29, 0.717) is 0 Å². The second-order valence-corrected chi connectivity index (χ2v) is 5.94. The summed E-state index contributed by atoms with van der Waals surface area (Å²) in [5.41, 5.74) is 6.33. The minimum atomic E-state index is -4.28. The first-order valence-electron chi connectivity index (χ1n) is 6.04. The first-order valence-corrected chi connectivity index (χ1v) is 6.04. The molecule has 1 aromatic carbocycles. The van der Waals surface area contributed by atoms with Crippen molar-refractivity contribution < 1.29 is 13.2 Å². The lowest BCUT2D eigenvalue weighted by Crippen LogP contribution is -2.34. The van der Waals surface area contributed by atoms with E-state index in [4.69, 9.17) is 5.73 Å². The quantitative estimate of drug-likeness (QED) is 0.853. The van der Waals surface area contributed by atoms with Gasteiger partial charge in [-0.15, -0.1) is 0 Å². The molecule has 2 atom stereocenters. The standard InChI is InChI=1S/C14H18F3N/c1-9(13(18)8-12(13,2)3)10-4-6-11(7-5-10)14(15,16)17/h4-7,9H,8,18H2,1-3H3. The Labute approximate surface area is 105 Å². The van der Waals surface area contributed by atoms with Crippen molar-refractivity contribution >= 4 is 0 Å². The fourth-order valence-electron chi connectivity index (χ4n) is 2.68. The average molecular weight is 257 g/mol. The largest absolute Gasteiger partial charge is 0.416 e. The Kier molecular flexibility index (Phi) is 2.78. The van der Waals surface area contributed by atoms with Crippen molar-refractivity contribution in [2.24, 2.45) is 11.1 Å². The molecule has 2 unspecified atom stereocenters. The summed E-state index contributed by atoms with van der Waals surface area (Å²) in [4.78, 5) is 0. The van der Waals surface area contributed by atoms with E-state index in [-0.39, 0.29) is 16.9 Å². The summed E-state index contributed by atoms with van der Waals surface area (Å²) in [6, 6.07) is 5.34. The second-order valence-electron chi connectivity index (χ2n) is 5.94. The summed E-state index contributed by atoms with van der Waals surface area (Å²) in [5, 5.41) is 0. The van der Waals surface area contributed by atoms with Gasteiger partial charge in [-0.2, -0.15) is 13.2 Å². The van der Waals surface area contributed by atoms with E-state index >= 15 is 0 Å². The van der Waals surface area contributed by atoms with Crippen molar-refractivity contribution in [1.29, 1.82) is 0 Å². The molecule has 1 nitrogen and oxygen atoms in total. The number of benzene rings is 1. The van der Waals surface area contributed by atoms with Crippen LogP contribution in [0.1, 0.15) is 44.2 Å². The monoisotopic (exact) mass is 257 g/mol. The summed E-state index contributed by atoms with van der Waals surface area (Å²) < 4.78 is 37.4. The first kappa shape index (κ1) is 13.4. The van der Waals surface area contributed by atoms with E-state index < -0.39 is 11.7 Å². The van der Waals surface area contributed by atoms with Crippen molar-refractivity contribution in [3.63, 3.8) is 0 Å². The van der Waals surface area contributed by atoms with Gasteiger partial charge in [-0.05, 0) is 35.4 Å². The number of hydrogen-bond donors (Lipinski definition) is 1. The maximum Gasteiger partial charge on any atom is 0.416 e. The van der Waals surface area contributed by atoms with E-state index in [1.165, 1.54) is 12.1 Å². The molecule has 1 saturated carbocycles. The summed E-state index contributed by atoms with van der Waals surface area (Å²) in [6.45, 7) is 6.17. The van der Waals surface area contributed by atoms with Crippen LogP contribution in [0.2, 0.25) is 0 Å². The van der Waals surface area contributed by atoms with Gasteiger partial charge in [-0.3, -0.25) is 0 Å². The van der Waals surface area contributed by atoms with Crippen LogP contribution in [0, 0.1) is 5.41 Å². The molecule has 100 valence electrons. The van der Waals surface area contributed by atoms with Gasteiger partial charge in [0.15, 0.2) is 0 Å². The Balaban J connectivity index is 2.21. The molecule has 18 heavy (non-hydrogen) atoms. The molecule has 1 fully saturated rings. The molecule has 0 bridgehead atoms.